The van der Waals surface area contributed by atoms with Crippen LogP contribution in [-0.4, -0.2) is 55.6 Å². The Morgan fingerprint density at radius 3 is 2.54 bits per heavy atom. The summed E-state index contributed by atoms with van der Waals surface area (Å²) >= 11 is 1.89. The summed E-state index contributed by atoms with van der Waals surface area (Å²) in [6.07, 6.45) is 5.96. The monoisotopic (exact) mass is 406 g/mol. The Kier molecular flexibility index (Phi) is 8.55. The van der Waals surface area contributed by atoms with Crippen molar-refractivity contribution in [1.29, 1.82) is 0 Å². The number of piperazine rings is 1. The Morgan fingerprint density at radius 2 is 1.93 bits per heavy atom. The molecule has 1 fully saturated rings. The second-order valence-electron chi connectivity index (χ2n) is 7.88. The first kappa shape index (κ1) is 22.5. The molecule has 1 aliphatic heterocycles. The van der Waals surface area contributed by atoms with Crippen molar-refractivity contribution in [3.63, 3.8) is 0 Å². The molecule has 156 valence electrons. The quantitative estimate of drug-likeness (QED) is 0.351. The lowest BCUT2D eigenvalue weighted by Crippen LogP contribution is -2.50. The number of hydrogen-bond acceptors (Lipinski definition) is 5. The van der Waals surface area contributed by atoms with Crippen molar-refractivity contribution >= 4 is 29.6 Å². The zero-order valence-electron chi connectivity index (χ0n) is 17.9. The fourth-order valence-electron chi connectivity index (χ4n) is 3.02. The molecule has 0 atom stereocenters. The highest BCUT2D eigenvalue weighted by molar-refractivity contribution is 7.99. The van der Waals surface area contributed by atoms with Gasteiger partial charge >= 0.3 is 6.09 Å². The zero-order valence-corrected chi connectivity index (χ0v) is 18.7. The Balaban J connectivity index is 2.11. The second kappa shape index (κ2) is 10.6. The Hall–Kier alpha value is -1.82. The predicted molar refractivity (Wildman–Crippen MR) is 118 cm³/mol. The molecule has 0 unspecified atom stereocenters. The van der Waals surface area contributed by atoms with Gasteiger partial charge in [-0.05, 0) is 51.2 Å². The average molecular weight is 407 g/mol. The smallest absolute Gasteiger partial charge is 0.410 e. The third kappa shape index (κ3) is 6.66. The van der Waals surface area contributed by atoms with Crippen molar-refractivity contribution in [2.45, 2.75) is 51.0 Å². The molecular formula is C22H34N2O3S. The molecule has 1 saturated heterocycles. The van der Waals surface area contributed by atoms with Crippen molar-refractivity contribution in [2.24, 2.45) is 0 Å². The van der Waals surface area contributed by atoms with Gasteiger partial charge in [-0.25, -0.2) is 4.79 Å². The Labute approximate surface area is 174 Å². The van der Waals surface area contributed by atoms with Crippen LogP contribution in [0.2, 0.25) is 0 Å². The van der Waals surface area contributed by atoms with Gasteiger partial charge in [0, 0.05) is 42.3 Å². The first-order chi connectivity index (χ1) is 13.4. The summed E-state index contributed by atoms with van der Waals surface area (Å²) in [4.78, 5) is 17.7. The number of unbranched alkanes of at least 4 members (excludes halogenated alkanes) is 1. The molecular weight excluding hydrogens is 372 g/mol. The van der Waals surface area contributed by atoms with Crippen LogP contribution in [0, 0.1) is 0 Å². The summed E-state index contributed by atoms with van der Waals surface area (Å²) in [5, 5.41) is 0. The Bertz CT molecular complexity index is 662. The second-order valence-corrected chi connectivity index (χ2v) is 9.02. The molecule has 6 heteroatoms. The number of benzene rings is 1. The number of nitrogens with zero attached hydrogens (tertiary/aromatic N) is 2. The van der Waals surface area contributed by atoms with E-state index in [4.69, 9.17) is 9.47 Å². The van der Waals surface area contributed by atoms with Gasteiger partial charge in [-0.3, -0.25) is 0 Å². The lowest BCUT2D eigenvalue weighted by Gasteiger charge is -2.37. The molecule has 1 amide bonds. The van der Waals surface area contributed by atoms with Crippen LogP contribution >= 0.6 is 11.8 Å². The van der Waals surface area contributed by atoms with Gasteiger partial charge in [0.05, 0.1) is 13.4 Å². The van der Waals surface area contributed by atoms with Crippen molar-refractivity contribution in [2.75, 3.05) is 43.9 Å². The van der Waals surface area contributed by atoms with Crippen molar-refractivity contribution in [3.05, 3.63) is 30.0 Å². The number of hydrogen-bond donors (Lipinski definition) is 0. The van der Waals surface area contributed by atoms with Crippen LogP contribution in [-0.2, 0) is 9.47 Å². The molecule has 0 aliphatic carbocycles. The van der Waals surface area contributed by atoms with Crippen LogP contribution in [0.15, 0.2) is 29.4 Å². The van der Waals surface area contributed by atoms with Gasteiger partial charge in [-0.2, -0.15) is 0 Å². The highest BCUT2D eigenvalue weighted by Gasteiger charge is 2.26. The number of amides is 1. The molecule has 0 aromatic heterocycles. The molecule has 1 aromatic carbocycles. The normalized spacial score (nSPS) is 15.2. The number of rotatable bonds is 7. The van der Waals surface area contributed by atoms with E-state index in [0.717, 1.165) is 18.8 Å². The molecule has 0 saturated carbocycles. The van der Waals surface area contributed by atoms with E-state index < -0.39 is 5.60 Å². The third-order valence-electron chi connectivity index (χ3n) is 4.44. The van der Waals surface area contributed by atoms with Crippen LogP contribution in [0.5, 0.6) is 0 Å². The molecule has 2 rings (SSSR count). The van der Waals surface area contributed by atoms with Crippen LogP contribution < -0.4 is 4.90 Å². The van der Waals surface area contributed by atoms with Crippen LogP contribution in [0.4, 0.5) is 10.5 Å². The zero-order chi connectivity index (χ0) is 20.6. The minimum atomic E-state index is -0.462. The van der Waals surface area contributed by atoms with Crippen LogP contribution in [0.3, 0.4) is 0 Å². The third-order valence-corrected chi connectivity index (χ3v) is 5.60. The highest BCUT2D eigenvalue weighted by Crippen LogP contribution is 2.33. The van der Waals surface area contributed by atoms with Crippen LogP contribution in [0.25, 0.3) is 6.08 Å². The van der Waals surface area contributed by atoms with E-state index in [9.17, 15) is 4.79 Å². The molecule has 0 radical (unpaired) electrons. The molecule has 0 bridgehead atoms. The number of ether oxygens (including phenoxy) is 2. The number of carbonyl (C=O) groups excluding carboxylic acids is 1. The van der Waals surface area contributed by atoms with Crippen molar-refractivity contribution in [3.8, 4) is 0 Å². The average Bonchev–Trinajstić information content (AvgIpc) is 2.65. The molecule has 1 aliphatic rings. The summed E-state index contributed by atoms with van der Waals surface area (Å²) < 4.78 is 10.7. The summed E-state index contributed by atoms with van der Waals surface area (Å²) in [6.45, 7) is 10.8. The fourth-order valence-corrected chi connectivity index (χ4v) is 4.18. The van der Waals surface area contributed by atoms with Crippen molar-refractivity contribution in [1.82, 2.24) is 4.90 Å². The minimum Gasteiger partial charge on any atom is -0.504 e. The van der Waals surface area contributed by atoms with Gasteiger partial charge in [0.1, 0.15) is 5.60 Å². The van der Waals surface area contributed by atoms with Gasteiger partial charge < -0.3 is 19.3 Å². The molecule has 5 nitrogen and oxygen atoms in total. The van der Waals surface area contributed by atoms with E-state index in [2.05, 4.69) is 30.0 Å². The van der Waals surface area contributed by atoms with E-state index in [1.807, 2.05) is 38.6 Å². The van der Waals surface area contributed by atoms with Crippen molar-refractivity contribution < 1.29 is 14.3 Å². The number of thioether (sulfide) groups is 1. The molecule has 28 heavy (non-hydrogen) atoms. The predicted octanol–water partition coefficient (Wildman–Crippen LogP) is 5.25. The Morgan fingerprint density at radius 1 is 1.21 bits per heavy atom. The summed E-state index contributed by atoms with van der Waals surface area (Å²) in [5.74, 6) is 1.11. The largest absolute Gasteiger partial charge is 0.504 e. The van der Waals surface area contributed by atoms with Crippen LogP contribution in [0.1, 0.15) is 46.1 Å². The van der Waals surface area contributed by atoms with Gasteiger partial charge in [0.2, 0.25) is 0 Å². The molecule has 1 heterocycles. The number of anilines is 1. The van der Waals surface area contributed by atoms with Gasteiger partial charge in [-0.1, -0.05) is 19.4 Å². The minimum absolute atomic E-state index is 0.226. The standard InChI is InChI=1S/C22H34N2O3S/c1-6-7-17-28-20-10-8-9-19(18(20)11-16-26-5)23-12-14-24(15-13-23)21(25)27-22(2,3)4/h8-11,16H,6-7,12-15,17H2,1-5H3. The van der Waals surface area contributed by atoms with E-state index >= 15 is 0 Å². The first-order valence-electron chi connectivity index (χ1n) is 10.0. The number of carbonyl (C=O) groups is 1. The summed E-state index contributed by atoms with van der Waals surface area (Å²) in [7, 11) is 1.67. The lowest BCUT2D eigenvalue weighted by molar-refractivity contribution is 0.0240. The van der Waals surface area contributed by atoms with E-state index in [-0.39, 0.29) is 6.09 Å². The van der Waals surface area contributed by atoms with Gasteiger partial charge in [-0.15, -0.1) is 11.8 Å². The fraction of sp³-hybridized carbons (Fsp3) is 0.591. The SMILES string of the molecule is CCCCSc1cccc(N2CCN(C(=O)OC(C)(C)C)CC2)c1C=COC. The van der Waals surface area contributed by atoms with E-state index in [1.165, 1.54) is 29.0 Å². The van der Waals surface area contributed by atoms with Gasteiger partial charge in [0.15, 0.2) is 0 Å². The summed E-state index contributed by atoms with van der Waals surface area (Å²) in [6, 6.07) is 6.45. The molecule has 0 spiro atoms. The summed E-state index contributed by atoms with van der Waals surface area (Å²) in [5.41, 5.74) is 1.92. The topological polar surface area (TPSA) is 42.0 Å². The maximum atomic E-state index is 12.3. The lowest BCUT2D eigenvalue weighted by atomic mass is 10.1. The maximum Gasteiger partial charge on any atom is 0.410 e. The molecule has 0 N–H and O–H groups in total. The molecule has 1 aromatic rings. The first-order valence-corrected chi connectivity index (χ1v) is 11.0. The highest BCUT2D eigenvalue weighted by atomic mass is 32.2. The van der Waals surface area contributed by atoms with E-state index in [1.54, 1.807) is 18.3 Å². The maximum absolute atomic E-state index is 12.3. The van der Waals surface area contributed by atoms with Gasteiger partial charge in [0.25, 0.3) is 0 Å². The number of methoxy groups -OCH3 is 1. The van der Waals surface area contributed by atoms with E-state index in [0.29, 0.717) is 13.1 Å².